The largest absolute Gasteiger partial charge is 0.456 e. The normalized spacial score (nSPS) is 10.3. The highest BCUT2D eigenvalue weighted by molar-refractivity contribution is 6.44. The first-order valence-corrected chi connectivity index (χ1v) is 3.26. The molecule has 0 amide bonds. The monoisotopic (exact) mass is 130 g/mol. The average Bonchev–Trinajstić information content (AvgIpc) is 1.82. The molecule has 0 atom stereocenters. The summed E-state index contributed by atoms with van der Waals surface area (Å²) in [6.45, 7) is 4.29. The van der Waals surface area contributed by atoms with E-state index in [0.717, 1.165) is 6.32 Å². The van der Waals surface area contributed by atoms with Crippen molar-refractivity contribution in [2.75, 3.05) is 14.2 Å². The van der Waals surface area contributed by atoms with Crippen molar-refractivity contribution in [3.63, 3.8) is 0 Å². The minimum absolute atomic E-state index is 0.0231. The van der Waals surface area contributed by atoms with E-state index in [4.69, 9.17) is 9.31 Å². The summed E-state index contributed by atoms with van der Waals surface area (Å²) in [5, 5.41) is 0. The fourth-order valence-electron chi connectivity index (χ4n) is 0.674. The van der Waals surface area contributed by atoms with E-state index in [1.165, 1.54) is 0 Å². The molecule has 0 aliphatic rings. The molecule has 0 aliphatic carbocycles. The molecule has 54 valence electrons. The summed E-state index contributed by atoms with van der Waals surface area (Å²) in [6, 6.07) is 0. The lowest BCUT2D eigenvalue weighted by molar-refractivity contribution is 0.272. The van der Waals surface area contributed by atoms with Gasteiger partial charge in [-0.3, -0.25) is 0 Å². The van der Waals surface area contributed by atoms with Gasteiger partial charge in [0.1, 0.15) is 0 Å². The predicted molar refractivity (Wildman–Crippen MR) is 39.4 cm³/mol. The van der Waals surface area contributed by atoms with Crippen LogP contribution in [0.15, 0.2) is 0 Å². The van der Waals surface area contributed by atoms with Gasteiger partial charge in [0.2, 0.25) is 0 Å². The quantitative estimate of drug-likeness (QED) is 0.535. The Labute approximate surface area is 57.7 Å². The Morgan fingerprint density at radius 2 is 1.67 bits per heavy atom. The zero-order valence-electron chi connectivity index (χ0n) is 6.68. The van der Waals surface area contributed by atoms with Crippen LogP contribution in [0.4, 0.5) is 0 Å². The maximum absolute atomic E-state index is 4.99. The molecule has 0 N–H and O–H groups in total. The molecule has 0 saturated carbocycles. The summed E-state index contributed by atoms with van der Waals surface area (Å²) in [5.41, 5.74) is 0. The summed E-state index contributed by atoms with van der Waals surface area (Å²) >= 11 is 0. The molecule has 0 bridgehead atoms. The van der Waals surface area contributed by atoms with E-state index in [9.17, 15) is 0 Å². The highest BCUT2D eigenvalue weighted by Gasteiger charge is 2.15. The molecule has 0 saturated heterocycles. The van der Waals surface area contributed by atoms with E-state index in [0.29, 0.717) is 5.92 Å². The average molecular weight is 130 g/mol. The molecular weight excluding hydrogens is 115 g/mol. The van der Waals surface area contributed by atoms with Gasteiger partial charge in [0, 0.05) is 14.2 Å². The molecule has 0 aromatic carbocycles. The minimum Gasteiger partial charge on any atom is -0.414 e. The van der Waals surface area contributed by atoms with Crippen LogP contribution in [0.3, 0.4) is 0 Å². The number of rotatable bonds is 4. The summed E-state index contributed by atoms with van der Waals surface area (Å²) in [4.78, 5) is 0. The molecule has 3 heteroatoms. The molecule has 0 heterocycles. The van der Waals surface area contributed by atoms with Gasteiger partial charge in [0.05, 0.1) is 0 Å². The maximum atomic E-state index is 4.99. The van der Waals surface area contributed by atoms with E-state index in [1.54, 1.807) is 14.2 Å². The molecule has 0 aromatic rings. The Hall–Kier alpha value is -0.0151. The highest BCUT2D eigenvalue weighted by Crippen LogP contribution is 2.05. The third-order valence-electron chi connectivity index (χ3n) is 1.19. The van der Waals surface area contributed by atoms with Crippen molar-refractivity contribution in [2.45, 2.75) is 20.2 Å². The molecule has 0 radical (unpaired) electrons. The van der Waals surface area contributed by atoms with Crippen molar-refractivity contribution in [1.29, 1.82) is 0 Å². The van der Waals surface area contributed by atoms with E-state index in [1.807, 2.05) is 0 Å². The first-order chi connectivity index (χ1) is 4.20. The summed E-state index contributed by atoms with van der Waals surface area (Å²) in [5.74, 6) is 0.634. The lowest BCUT2D eigenvalue weighted by atomic mass is 9.79. The van der Waals surface area contributed by atoms with Crippen LogP contribution >= 0.6 is 0 Å². The molecule has 0 aliphatic heterocycles. The van der Waals surface area contributed by atoms with Crippen LogP contribution < -0.4 is 0 Å². The van der Waals surface area contributed by atoms with Crippen molar-refractivity contribution in [3.05, 3.63) is 0 Å². The predicted octanol–water partition coefficient (Wildman–Crippen LogP) is 1.42. The molecule has 0 rings (SSSR count). The lowest BCUT2D eigenvalue weighted by Crippen LogP contribution is -2.20. The van der Waals surface area contributed by atoms with Gasteiger partial charge in [-0.15, -0.1) is 0 Å². The van der Waals surface area contributed by atoms with Crippen molar-refractivity contribution in [1.82, 2.24) is 0 Å². The van der Waals surface area contributed by atoms with E-state index >= 15 is 0 Å². The van der Waals surface area contributed by atoms with Crippen molar-refractivity contribution in [3.8, 4) is 0 Å². The fourth-order valence-corrected chi connectivity index (χ4v) is 0.674. The minimum atomic E-state index is -0.0231. The molecule has 0 unspecified atom stereocenters. The van der Waals surface area contributed by atoms with Gasteiger partial charge >= 0.3 is 7.12 Å². The van der Waals surface area contributed by atoms with Gasteiger partial charge in [0.25, 0.3) is 0 Å². The standard InChI is InChI=1S/C6H15BO2/c1-6(2)5-7(8-3)9-4/h6H,5H2,1-4H3. The van der Waals surface area contributed by atoms with Gasteiger partial charge < -0.3 is 9.31 Å². The van der Waals surface area contributed by atoms with Crippen LogP contribution in [0.25, 0.3) is 0 Å². The lowest BCUT2D eigenvalue weighted by Gasteiger charge is -2.09. The Balaban J connectivity index is 3.31. The Kier molecular flexibility index (Phi) is 4.82. The van der Waals surface area contributed by atoms with Crippen LogP contribution in [0.2, 0.25) is 6.32 Å². The Bertz CT molecular complexity index is 62.1. The van der Waals surface area contributed by atoms with Crippen LogP contribution in [-0.4, -0.2) is 21.3 Å². The molecule has 0 aromatic heterocycles. The Morgan fingerprint density at radius 1 is 1.22 bits per heavy atom. The van der Waals surface area contributed by atoms with Crippen molar-refractivity contribution in [2.24, 2.45) is 5.92 Å². The van der Waals surface area contributed by atoms with Crippen molar-refractivity contribution >= 4 is 7.12 Å². The van der Waals surface area contributed by atoms with Gasteiger partial charge in [-0.25, -0.2) is 0 Å². The maximum Gasteiger partial charge on any atom is 0.456 e. The third kappa shape index (κ3) is 4.49. The summed E-state index contributed by atoms with van der Waals surface area (Å²) < 4.78 is 9.98. The molecule has 0 spiro atoms. The first kappa shape index (κ1) is 8.98. The summed E-state index contributed by atoms with van der Waals surface area (Å²) in [7, 11) is 3.30. The molecule has 9 heavy (non-hydrogen) atoms. The van der Waals surface area contributed by atoms with E-state index in [2.05, 4.69) is 13.8 Å². The zero-order valence-corrected chi connectivity index (χ0v) is 6.68. The van der Waals surface area contributed by atoms with Crippen LogP contribution in [0.1, 0.15) is 13.8 Å². The zero-order chi connectivity index (χ0) is 7.28. The van der Waals surface area contributed by atoms with E-state index < -0.39 is 0 Å². The SMILES string of the molecule is COB(CC(C)C)OC. The number of hydrogen-bond donors (Lipinski definition) is 0. The second-order valence-corrected chi connectivity index (χ2v) is 2.53. The van der Waals surface area contributed by atoms with Crippen LogP contribution in [-0.2, 0) is 9.31 Å². The van der Waals surface area contributed by atoms with Crippen molar-refractivity contribution < 1.29 is 9.31 Å². The molecular formula is C6H15BO2. The van der Waals surface area contributed by atoms with Gasteiger partial charge in [-0.05, 0) is 12.2 Å². The second kappa shape index (κ2) is 4.83. The van der Waals surface area contributed by atoms with Gasteiger partial charge in [-0.1, -0.05) is 13.8 Å². The molecule has 2 nitrogen and oxygen atoms in total. The van der Waals surface area contributed by atoms with Crippen LogP contribution in [0.5, 0.6) is 0 Å². The highest BCUT2D eigenvalue weighted by atomic mass is 16.6. The van der Waals surface area contributed by atoms with Gasteiger partial charge in [-0.2, -0.15) is 0 Å². The third-order valence-corrected chi connectivity index (χ3v) is 1.19. The summed E-state index contributed by atoms with van der Waals surface area (Å²) in [6.07, 6.45) is 0.965. The van der Waals surface area contributed by atoms with Crippen LogP contribution in [0, 0.1) is 5.92 Å². The van der Waals surface area contributed by atoms with Gasteiger partial charge in [0.15, 0.2) is 0 Å². The van der Waals surface area contributed by atoms with E-state index in [-0.39, 0.29) is 7.12 Å². The Morgan fingerprint density at radius 3 is 1.78 bits per heavy atom. The topological polar surface area (TPSA) is 18.5 Å². The molecule has 0 fully saturated rings. The first-order valence-electron chi connectivity index (χ1n) is 3.26. The fraction of sp³-hybridized carbons (Fsp3) is 1.00. The smallest absolute Gasteiger partial charge is 0.414 e. The second-order valence-electron chi connectivity index (χ2n) is 2.53. The number of hydrogen-bond acceptors (Lipinski definition) is 2.